The molecule has 0 bridgehead atoms. The summed E-state index contributed by atoms with van der Waals surface area (Å²) in [5.41, 5.74) is 7.97. The second-order valence-electron chi connectivity index (χ2n) is 2.90. The molecule has 88 valence electrons. The van der Waals surface area contributed by atoms with Gasteiger partial charge >= 0.3 is 5.03 Å². The summed E-state index contributed by atoms with van der Waals surface area (Å²) in [7, 11) is 0. The highest BCUT2D eigenvalue weighted by Crippen LogP contribution is 1.99. The quantitative estimate of drug-likeness (QED) is 0.404. The zero-order chi connectivity index (χ0) is 12.5. The van der Waals surface area contributed by atoms with Gasteiger partial charge in [0.25, 0.3) is 5.96 Å². The summed E-state index contributed by atoms with van der Waals surface area (Å²) >= 11 is 0. The van der Waals surface area contributed by atoms with Gasteiger partial charge in [-0.15, -0.1) is 5.10 Å². The van der Waals surface area contributed by atoms with E-state index >= 15 is 0 Å². The zero-order valence-corrected chi connectivity index (χ0v) is 8.89. The first-order valence-corrected chi connectivity index (χ1v) is 4.69. The van der Waals surface area contributed by atoms with Crippen molar-refractivity contribution >= 4 is 18.3 Å². The van der Waals surface area contributed by atoms with Crippen molar-refractivity contribution in [1.82, 2.24) is 5.43 Å². The van der Waals surface area contributed by atoms with Crippen LogP contribution in [0.15, 0.2) is 46.6 Å². The van der Waals surface area contributed by atoms with Crippen LogP contribution in [-0.2, 0) is 0 Å². The van der Waals surface area contributed by atoms with Crippen LogP contribution in [0.2, 0.25) is 0 Å². The van der Waals surface area contributed by atoms with Crippen molar-refractivity contribution in [1.29, 1.82) is 0 Å². The van der Waals surface area contributed by atoms with Crippen LogP contribution >= 0.6 is 0 Å². The van der Waals surface area contributed by atoms with Crippen LogP contribution in [0.5, 0.6) is 0 Å². The molecule has 1 rings (SSSR count). The summed E-state index contributed by atoms with van der Waals surface area (Å²) in [6.45, 7) is 0. The van der Waals surface area contributed by atoms with Gasteiger partial charge in [0, 0.05) is 6.21 Å². The molecule has 1 aromatic rings. The molecule has 0 heterocycles. The van der Waals surface area contributed by atoms with Crippen molar-refractivity contribution in [3.63, 3.8) is 0 Å². The first-order valence-electron chi connectivity index (χ1n) is 4.69. The molecule has 0 aromatic heterocycles. The molecule has 7 heteroatoms. The first kappa shape index (κ1) is 12.4. The van der Waals surface area contributed by atoms with Crippen molar-refractivity contribution in [2.45, 2.75) is 0 Å². The van der Waals surface area contributed by atoms with Crippen molar-refractivity contribution in [3.8, 4) is 0 Å². The number of hydrogen-bond acceptors (Lipinski definition) is 3. The summed E-state index contributed by atoms with van der Waals surface area (Å²) in [4.78, 5) is 10.1. The zero-order valence-electron chi connectivity index (χ0n) is 8.89. The van der Waals surface area contributed by atoms with Gasteiger partial charge in [0.05, 0.1) is 0 Å². The number of nitrogens with zero attached hydrogens (tertiary/aromatic N) is 3. The number of nitrogens with two attached hydrogens (primary N) is 1. The van der Waals surface area contributed by atoms with E-state index in [2.05, 4.69) is 10.2 Å². The van der Waals surface area contributed by atoms with E-state index in [1.807, 2.05) is 36.4 Å². The topological polar surface area (TPSA) is 103 Å². The summed E-state index contributed by atoms with van der Waals surface area (Å²) < 4.78 is 0. The number of hydrogen-bond donors (Lipinski definition) is 3. The molecule has 0 aliphatic rings. The minimum atomic E-state index is -0.561. The average molecular weight is 234 g/mol. The lowest BCUT2D eigenvalue weighted by Crippen LogP contribution is -2.36. The Kier molecular flexibility index (Phi) is 4.89. The molecule has 0 fully saturated rings. The second kappa shape index (κ2) is 6.72. The van der Waals surface area contributed by atoms with Crippen LogP contribution in [0.25, 0.3) is 6.08 Å². The fraction of sp³-hybridized carbons (Fsp3) is 0. The number of rotatable bonds is 4. The molecular weight excluding hydrogens is 222 g/mol. The third kappa shape index (κ3) is 5.67. The molecule has 0 radical (unpaired) electrons. The van der Waals surface area contributed by atoms with Gasteiger partial charge in [0.15, 0.2) is 0 Å². The number of nitrogens with one attached hydrogen (secondary N) is 1. The van der Waals surface area contributed by atoms with Gasteiger partial charge in [-0.2, -0.15) is 5.10 Å². The number of guanidine groups is 1. The van der Waals surface area contributed by atoms with Gasteiger partial charge in [0.1, 0.15) is 4.91 Å². The van der Waals surface area contributed by atoms with Crippen molar-refractivity contribution in [2.75, 3.05) is 0 Å². The van der Waals surface area contributed by atoms with Gasteiger partial charge in [0.2, 0.25) is 0 Å². The maximum Gasteiger partial charge on any atom is 0.362 e. The lowest BCUT2D eigenvalue weighted by molar-refractivity contribution is -0.822. The summed E-state index contributed by atoms with van der Waals surface area (Å²) in [6, 6.07) is 9.63. The molecule has 0 atom stereocenters. The van der Waals surface area contributed by atoms with Gasteiger partial charge in [-0.3, -0.25) is 0 Å². The Labute approximate surface area is 97.5 Å². The van der Waals surface area contributed by atoms with Crippen LogP contribution in [0.1, 0.15) is 5.56 Å². The Morgan fingerprint density at radius 1 is 1.41 bits per heavy atom. The molecule has 0 spiro atoms. The van der Waals surface area contributed by atoms with Crippen LogP contribution in [0.3, 0.4) is 0 Å². The molecule has 17 heavy (non-hydrogen) atoms. The monoisotopic (exact) mass is 234 g/mol. The Balaban J connectivity index is 2.45. The van der Waals surface area contributed by atoms with E-state index in [1.165, 1.54) is 6.21 Å². The summed E-state index contributed by atoms with van der Waals surface area (Å²) in [6.07, 6.45) is 4.89. The first-order chi connectivity index (χ1) is 8.18. The second-order valence-corrected chi connectivity index (χ2v) is 2.90. The molecule has 7 nitrogen and oxygen atoms in total. The van der Waals surface area contributed by atoms with E-state index < -0.39 is 5.03 Å². The number of benzene rings is 1. The molecule has 0 aliphatic heterocycles. The maximum absolute atomic E-state index is 10.1. The van der Waals surface area contributed by atoms with E-state index in [1.54, 1.807) is 11.5 Å². The third-order valence-corrected chi connectivity index (χ3v) is 1.62. The van der Waals surface area contributed by atoms with E-state index in [0.717, 1.165) is 5.56 Å². The maximum atomic E-state index is 10.1. The Hall–Kier alpha value is -2.70. The highest BCUT2D eigenvalue weighted by molar-refractivity contribution is 5.80. The molecule has 0 saturated heterocycles. The Bertz CT molecular complexity index is 453. The fourth-order valence-electron chi connectivity index (χ4n) is 0.973. The molecule has 4 N–H and O–H groups in total. The fourth-order valence-corrected chi connectivity index (χ4v) is 0.973. The van der Waals surface area contributed by atoms with Gasteiger partial charge in [-0.25, -0.2) is 5.21 Å². The highest BCUT2D eigenvalue weighted by atomic mass is 16.7. The SMILES string of the molecule is N\C(=N/N=C/C=C/c1ccccc1)N[N+](=O)O. The Morgan fingerprint density at radius 2 is 2.12 bits per heavy atom. The third-order valence-electron chi connectivity index (χ3n) is 1.62. The van der Waals surface area contributed by atoms with Crippen LogP contribution < -0.4 is 11.2 Å². The van der Waals surface area contributed by atoms with E-state index in [0.29, 0.717) is 0 Å². The lowest BCUT2D eigenvalue weighted by Gasteiger charge is -1.88. The molecule has 0 saturated carbocycles. The number of hydrazine groups is 1. The van der Waals surface area contributed by atoms with E-state index in [4.69, 9.17) is 10.9 Å². The minimum Gasteiger partial charge on any atom is -0.364 e. The van der Waals surface area contributed by atoms with Gasteiger partial charge in [-0.05, 0) is 17.1 Å². The molecule has 0 aliphatic carbocycles. The predicted octanol–water partition coefficient (Wildman–Crippen LogP) is 0.673. The smallest absolute Gasteiger partial charge is 0.362 e. The Morgan fingerprint density at radius 3 is 2.76 bits per heavy atom. The highest BCUT2D eigenvalue weighted by Gasteiger charge is 2.02. The predicted molar refractivity (Wildman–Crippen MR) is 64.1 cm³/mol. The van der Waals surface area contributed by atoms with Crippen molar-refractivity contribution in [2.24, 2.45) is 15.9 Å². The molecule has 0 unspecified atom stereocenters. The largest absolute Gasteiger partial charge is 0.364 e. The standard InChI is InChI=1S/C10H12N5O2/c11-10(14-15(16)17)13-12-8-4-7-9-5-2-1-3-6-9/h1-8H,(H,16,17)(H3,11,13,14)/q+1/b7-4+,12-8+. The van der Waals surface area contributed by atoms with E-state index in [9.17, 15) is 4.91 Å². The van der Waals surface area contributed by atoms with Crippen LogP contribution in [0.4, 0.5) is 0 Å². The summed E-state index contributed by atoms with van der Waals surface area (Å²) in [5, 5.41) is 14.6. The average Bonchev–Trinajstić information content (AvgIpc) is 2.29. The lowest BCUT2D eigenvalue weighted by atomic mass is 10.2. The normalized spacial score (nSPS) is 12.1. The van der Waals surface area contributed by atoms with Crippen molar-refractivity contribution < 1.29 is 10.2 Å². The van der Waals surface area contributed by atoms with Crippen molar-refractivity contribution in [3.05, 3.63) is 46.9 Å². The van der Waals surface area contributed by atoms with Gasteiger partial charge < -0.3 is 5.73 Å². The van der Waals surface area contributed by atoms with Crippen LogP contribution in [0, 0.1) is 4.91 Å². The molecule has 0 amide bonds. The molecular formula is C10H12N5O2+. The van der Waals surface area contributed by atoms with Crippen LogP contribution in [-0.4, -0.2) is 22.4 Å². The van der Waals surface area contributed by atoms with Gasteiger partial charge in [-0.1, -0.05) is 36.4 Å². The number of allylic oxidation sites excluding steroid dienone is 1. The summed E-state index contributed by atoms with van der Waals surface area (Å²) in [5.74, 6) is -0.313. The minimum absolute atomic E-state index is 0.313. The van der Waals surface area contributed by atoms with E-state index in [-0.39, 0.29) is 5.96 Å². The molecule has 1 aromatic carbocycles.